The molecule has 7 heteroatoms. The highest BCUT2D eigenvalue weighted by atomic mass is 32.2. The first kappa shape index (κ1) is 15.4. The first-order chi connectivity index (χ1) is 9.54. The van der Waals surface area contributed by atoms with Gasteiger partial charge in [-0.2, -0.15) is 11.8 Å². The maximum Gasteiger partial charge on any atom is 0.320 e. The molecule has 0 aromatic carbocycles. The zero-order valence-electron chi connectivity index (χ0n) is 11.9. The van der Waals surface area contributed by atoms with Gasteiger partial charge in [0.25, 0.3) is 0 Å². The number of rotatable bonds is 3. The summed E-state index contributed by atoms with van der Waals surface area (Å²) in [4.78, 5) is 27.1. The van der Waals surface area contributed by atoms with E-state index in [9.17, 15) is 9.59 Å². The van der Waals surface area contributed by atoms with Crippen LogP contribution in [0.3, 0.4) is 0 Å². The maximum atomic E-state index is 12.5. The van der Waals surface area contributed by atoms with E-state index in [4.69, 9.17) is 9.84 Å². The van der Waals surface area contributed by atoms with Crippen LogP contribution >= 0.6 is 11.8 Å². The van der Waals surface area contributed by atoms with Crippen molar-refractivity contribution < 1.29 is 19.4 Å². The second-order valence-electron chi connectivity index (χ2n) is 5.29. The van der Waals surface area contributed by atoms with Gasteiger partial charge in [-0.15, -0.1) is 0 Å². The number of carbonyl (C=O) groups is 2. The van der Waals surface area contributed by atoms with Gasteiger partial charge in [0, 0.05) is 31.1 Å². The lowest BCUT2D eigenvalue weighted by molar-refractivity contribution is -0.142. The van der Waals surface area contributed by atoms with Gasteiger partial charge in [0.15, 0.2) is 0 Å². The Labute approximate surface area is 123 Å². The number of ether oxygens (including phenoxy) is 1. The Morgan fingerprint density at radius 1 is 1.45 bits per heavy atom. The van der Waals surface area contributed by atoms with Gasteiger partial charge in [-0.1, -0.05) is 6.92 Å². The quantitative estimate of drug-likeness (QED) is 0.841. The molecule has 0 bridgehead atoms. The molecule has 20 heavy (non-hydrogen) atoms. The van der Waals surface area contributed by atoms with Crippen LogP contribution in [0.1, 0.15) is 13.3 Å². The van der Waals surface area contributed by atoms with Crippen molar-refractivity contribution in [3.05, 3.63) is 0 Å². The summed E-state index contributed by atoms with van der Waals surface area (Å²) in [5.41, 5.74) is 0. The average molecular weight is 302 g/mol. The van der Waals surface area contributed by atoms with E-state index in [0.717, 1.165) is 25.3 Å². The van der Waals surface area contributed by atoms with Crippen LogP contribution in [0.15, 0.2) is 0 Å². The van der Waals surface area contributed by atoms with Crippen LogP contribution in [0.5, 0.6) is 0 Å². The van der Waals surface area contributed by atoms with Crippen molar-refractivity contribution in [2.75, 3.05) is 39.1 Å². The second kappa shape index (κ2) is 6.67. The largest absolute Gasteiger partial charge is 0.481 e. The fourth-order valence-corrected chi connectivity index (χ4v) is 3.85. The lowest BCUT2D eigenvalue weighted by Crippen LogP contribution is -2.52. The number of nitrogens with zero attached hydrogens (tertiary/aromatic N) is 2. The van der Waals surface area contributed by atoms with E-state index in [0.29, 0.717) is 11.9 Å². The fourth-order valence-electron chi connectivity index (χ4n) is 2.67. The molecule has 0 aromatic heterocycles. The number of hydrogen-bond acceptors (Lipinski definition) is 4. The zero-order valence-corrected chi connectivity index (χ0v) is 12.8. The number of likely N-dealkylation sites (N-methyl/N-ethyl adjacent to an activating group) is 1. The van der Waals surface area contributed by atoms with E-state index in [-0.39, 0.29) is 18.7 Å². The lowest BCUT2D eigenvalue weighted by Gasteiger charge is -2.37. The third kappa shape index (κ3) is 3.20. The summed E-state index contributed by atoms with van der Waals surface area (Å²) in [6.45, 7) is 4.09. The van der Waals surface area contributed by atoms with Gasteiger partial charge in [-0.25, -0.2) is 4.79 Å². The molecule has 6 nitrogen and oxygen atoms in total. The Morgan fingerprint density at radius 3 is 2.85 bits per heavy atom. The van der Waals surface area contributed by atoms with Crippen molar-refractivity contribution in [3.63, 3.8) is 0 Å². The molecule has 1 N–H and O–H groups in total. The molecule has 2 amide bonds. The third-order valence-electron chi connectivity index (χ3n) is 4.03. The van der Waals surface area contributed by atoms with Crippen LogP contribution in [0, 0.1) is 5.92 Å². The molecule has 2 aliphatic heterocycles. The first-order valence-electron chi connectivity index (χ1n) is 6.98. The van der Waals surface area contributed by atoms with E-state index < -0.39 is 11.9 Å². The summed E-state index contributed by atoms with van der Waals surface area (Å²) >= 11 is 1.90. The topological polar surface area (TPSA) is 70.1 Å². The van der Waals surface area contributed by atoms with E-state index in [1.807, 2.05) is 16.7 Å². The zero-order chi connectivity index (χ0) is 14.7. The minimum atomic E-state index is -0.896. The van der Waals surface area contributed by atoms with E-state index >= 15 is 0 Å². The summed E-state index contributed by atoms with van der Waals surface area (Å²) in [5, 5.41) is 9.65. The minimum absolute atomic E-state index is 0.0782. The third-order valence-corrected chi connectivity index (χ3v) is 5.40. The molecule has 2 fully saturated rings. The Kier molecular flexibility index (Phi) is 5.15. The molecule has 2 aliphatic rings. The first-order valence-corrected chi connectivity index (χ1v) is 8.03. The Balaban J connectivity index is 1.99. The SMILES string of the molecule is CCC1CN(C(=O)N(C)C2COCC2C(=O)O)CCS1. The molecule has 2 rings (SSSR count). The van der Waals surface area contributed by atoms with Crippen LogP contribution < -0.4 is 0 Å². The van der Waals surface area contributed by atoms with Crippen LogP contribution in [0.4, 0.5) is 4.79 Å². The molecule has 0 spiro atoms. The Hall–Kier alpha value is -0.950. The maximum absolute atomic E-state index is 12.5. The van der Waals surface area contributed by atoms with Gasteiger partial charge < -0.3 is 19.6 Å². The minimum Gasteiger partial charge on any atom is -0.481 e. The predicted molar refractivity (Wildman–Crippen MR) is 77.0 cm³/mol. The predicted octanol–water partition coefficient (Wildman–Crippen LogP) is 0.965. The molecule has 2 heterocycles. The number of carbonyl (C=O) groups excluding carboxylic acids is 1. The van der Waals surface area contributed by atoms with Gasteiger partial charge in [-0.05, 0) is 6.42 Å². The monoisotopic (exact) mass is 302 g/mol. The van der Waals surface area contributed by atoms with Crippen molar-refractivity contribution in [1.82, 2.24) is 9.80 Å². The molecular formula is C13H22N2O4S. The summed E-state index contributed by atoms with van der Waals surface area (Å²) in [6.07, 6.45) is 1.04. The molecule has 114 valence electrons. The Morgan fingerprint density at radius 2 is 2.20 bits per heavy atom. The molecule has 0 aliphatic carbocycles. The molecular weight excluding hydrogens is 280 g/mol. The van der Waals surface area contributed by atoms with Gasteiger partial charge in [-0.3, -0.25) is 4.79 Å². The van der Waals surface area contributed by atoms with Crippen molar-refractivity contribution in [3.8, 4) is 0 Å². The number of amides is 2. The highest BCUT2D eigenvalue weighted by Gasteiger charge is 2.40. The van der Waals surface area contributed by atoms with Crippen LogP contribution in [-0.2, 0) is 9.53 Å². The number of aliphatic carboxylic acids is 1. The van der Waals surface area contributed by atoms with Crippen molar-refractivity contribution in [1.29, 1.82) is 0 Å². The molecule has 0 radical (unpaired) electrons. The number of hydrogen-bond donors (Lipinski definition) is 1. The summed E-state index contributed by atoms with van der Waals surface area (Å²) in [7, 11) is 1.68. The molecule has 0 saturated carbocycles. The number of carboxylic acid groups (broad SMARTS) is 1. The van der Waals surface area contributed by atoms with Crippen molar-refractivity contribution in [2.45, 2.75) is 24.6 Å². The van der Waals surface area contributed by atoms with Crippen LogP contribution in [0.2, 0.25) is 0 Å². The number of carboxylic acids is 1. The smallest absolute Gasteiger partial charge is 0.320 e. The van der Waals surface area contributed by atoms with Gasteiger partial charge in [0.1, 0.15) is 5.92 Å². The standard InChI is InChI=1S/C13H22N2O4S/c1-3-9-6-15(4-5-20-9)13(18)14(2)11-8-19-7-10(11)12(16)17/h9-11H,3-8H2,1-2H3,(H,16,17). The van der Waals surface area contributed by atoms with Crippen LogP contribution in [0.25, 0.3) is 0 Å². The summed E-state index contributed by atoms with van der Waals surface area (Å²) in [6, 6.07) is -0.444. The summed E-state index contributed by atoms with van der Waals surface area (Å²) < 4.78 is 5.23. The van der Waals surface area contributed by atoms with Gasteiger partial charge >= 0.3 is 12.0 Å². The number of urea groups is 1. The lowest BCUT2D eigenvalue weighted by atomic mass is 10.0. The fraction of sp³-hybridized carbons (Fsp3) is 0.846. The van der Waals surface area contributed by atoms with E-state index in [2.05, 4.69) is 6.92 Å². The van der Waals surface area contributed by atoms with Crippen molar-refractivity contribution >= 4 is 23.8 Å². The Bertz CT molecular complexity index is 379. The number of thioether (sulfide) groups is 1. The second-order valence-corrected chi connectivity index (χ2v) is 6.70. The van der Waals surface area contributed by atoms with Crippen molar-refractivity contribution in [2.24, 2.45) is 5.92 Å². The molecule has 3 atom stereocenters. The normalized spacial score (nSPS) is 30.3. The molecule has 2 saturated heterocycles. The van der Waals surface area contributed by atoms with E-state index in [1.54, 1.807) is 11.9 Å². The van der Waals surface area contributed by atoms with Gasteiger partial charge in [0.2, 0.25) is 0 Å². The average Bonchev–Trinajstić information content (AvgIpc) is 2.95. The molecule has 0 aromatic rings. The highest BCUT2D eigenvalue weighted by Crippen LogP contribution is 2.24. The molecule has 3 unspecified atom stereocenters. The van der Waals surface area contributed by atoms with E-state index in [1.165, 1.54) is 0 Å². The highest BCUT2D eigenvalue weighted by molar-refractivity contribution is 8.00. The summed E-state index contributed by atoms with van der Waals surface area (Å²) in [5.74, 6) is -0.570. The van der Waals surface area contributed by atoms with Crippen LogP contribution in [-0.4, -0.2) is 77.3 Å². The van der Waals surface area contributed by atoms with Gasteiger partial charge in [0.05, 0.1) is 19.3 Å².